The number of pyridine rings is 1. The molecule has 0 aliphatic heterocycles. The Hall–Kier alpha value is -0.886. The number of unbranched alkanes of at least 4 members (excludes halogenated alkanes) is 9. The van der Waals surface area contributed by atoms with Crippen molar-refractivity contribution < 1.29 is 26.0 Å². The molecule has 0 unspecified atom stereocenters. The molecule has 0 saturated heterocycles. The van der Waals surface area contributed by atoms with Gasteiger partial charge in [0, 0.05) is 28.9 Å². The number of carbonyl (C=O) groups is 1. The zero-order valence-corrected chi connectivity index (χ0v) is 14.7. The van der Waals surface area contributed by atoms with E-state index >= 15 is 0 Å². The maximum Gasteiger partial charge on any atom is 0.338 e. The molecule has 0 bridgehead atoms. The SMILES string of the molecule is CCCCCCCCCCCCOC(=O)c1ccncc1.[Ni]. The van der Waals surface area contributed by atoms with E-state index < -0.39 is 0 Å². The molecule has 0 atom stereocenters. The number of aromatic nitrogens is 1. The van der Waals surface area contributed by atoms with E-state index in [4.69, 9.17) is 4.74 Å². The summed E-state index contributed by atoms with van der Waals surface area (Å²) in [5, 5.41) is 0. The van der Waals surface area contributed by atoms with Crippen molar-refractivity contribution in [3.63, 3.8) is 0 Å². The number of nitrogens with zero attached hydrogens (tertiary/aromatic N) is 1. The summed E-state index contributed by atoms with van der Waals surface area (Å²) in [4.78, 5) is 15.5. The van der Waals surface area contributed by atoms with Crippen molar-refractivity contribution in [1.82, 2.24) is 4.98 Å². The van der Waals surface area contributed by atoms with E-state index in [0.29, 0.717) is 12.2 Å². The first kappa shape index (κ1) is 21.1. The first-order valence-electron chi connectivity index (χ1n) is 8.41. The van der Waals surface area contributed by atoms with E-state index in [2.05, 4.69) is 11.9 Å². The van der Waals surface area contributed by atoms with Crippen LogP contribution in [0.1, 0.15) is 81.5 Å². The molecule has 0 aromatic carbocycles. The third-order valence-electron chi connectivity index (χ3n) is 3.65. The Kier molecular flexibility index (Phi) is 14.4. The molecule has 1 rings (SSSR count). The maximum absolute atomic E-state index is 11.7. The molecular weight excluding hydrogens is 321 g/mol. The van der Waals surface area contributed by atoms with Gasteiger partial charge in [-0.15, -0.1) is 0 Å². The normalized spacial score (nSPS) is 10.0. The van der Waals surface area contributed by atoms with Crippen LogP contribution in [0.5, 0.6) is 0 Å². The molecule has 0 fully saturated rings. The molecule has 22 heavy (non-hydrogen) atoms. The number of hydrogen-bond donors (Lipinski definition) is 0. The van der Waals surface area contributed by atoms with Crippen molar-refractivity contribution >= 4 is 5.97 Å². The summed E-state index contributed by atoms with van der Waals surface area (Å²) in [5.74, 6) is -0.242. The fourth-order valence-electron chi connectivity index (χ4n) is 2.33. The van der Waals surface area contributed by atoms with E-state index in [1.165, 1.54) is 51.4 Å². The van der Waals surface area contributed by atoms with Crippen molar-refractivity contribution in [3.05, 3.63) is 30.1 Å². The van der Waals surface area contributed by atoms with Crippen molar-refractivity contribution in [1.29, 1.82) is 0 Å². The molecule has 0 aliphatic carbocycles. The molecule has 4 heteroatoms. The van der Waals surface area contributed by atoms with Crippen LogP contribution in [0.25, 0.3) is 0 Å². The Morgan fingerprint density at radius 2 is 1.41 bits per heavy atom. The predicted molar refractivity (Wildman–Crippen MR) is 86.4 cm³/mol. The van der Waals surface area contributed by atoms with Gasteiger partial charge in [-0.1, -0.05) is 64.7 Å². The van der Waals surface area contributed by atoms with Crippen LogP contribution in [0, 0.1) is 0 Å². The van der Waals surface area contributed by atoms with Gasteiger partial charge in [0.25, 0.3) is 0 Å². The molecular formula is C18H29NNiO2. The minimum Gasteiger partial charge on any atom is -0.462 e. The van der Waals surface area contributed by atoms with Crippen LogP contribution in [-0.4, -0.2) is 17.6 Å². The molecule has 1 heterocycles. The molecule has 0 spiro atoms. The molecule has 128 valence electrons. The fourth-order valence-corrected chi connectivity index (χ4v) is 2.33. The number of ether oxygens (including phenoxy) is 1. The molecule has 3 nitrogen and oxygen atoms in total. The average Bonchev–Trinajstić information content (AvgIpc) is 2.53. The van der Waals surface area contributed by atoms with Gasteiger partial charge in [-0.25, -0.2) is 4.79 Å². The summed E-state index contributed by atoms with van der Waals surface area (Å²) in [5.41, 5.74) is 0.581. The molecule has 0 radical (unpaired) electrons. The van der Waals surface area contributed by atoms with Gasteiger partial charge in [-0.2, -0.15) is 0 Å². The smallest absolute Gasteiger partial charge is 0.338 e. The Balaban J connectivity index is 0.00000441. The summed E-state index contributed by atoms with van der Waals surface area (Å²) in [6.07, 6.45) is 16.1. The van der Waals surface area contributed by atoms with E-state index in [0.717, 1.165) is 12.8 Å². The zero-order chi connectivity index (χ0) is 15.2. The molecule has 1 aromatic rings. The second-order valence-electron chi connectivity index (χ2n) is 5.55. The molecule has 0 aliphatic rings. The predicted octanol–water partition coefficient (Wildman–Crippen LogP) is 5.16. The standard InChI is InChI=1S/C18H29NO2.Ni/c1-2-3-4-5-6-7-8-9-10-11-16-21-18(20)17-12-14-19-15-13-17;/h12-15H,2-11,16H2,1H3;. The zero-order valence-electron chi connectivity index (χ0n) is 13.7. The largest absolute Gasteiger partial charge is 0.462 e. The number of esters is 1. The number of carbonyl (C=O) groups excluding carboxylic acids is 1. The quantitative estimate of drug-likeness (QED) is 0.297. The maximum atomic E-state index is 11.7. The fraction of sp³-hybridized carbons (Fsp3) is 0.667. The van der Waals surface area contributed by atoms with Crippen molar-refractivity contribution in [3.8, 4) is 0 Å². The Morgan fingerprint density at radius 1 is 0.909 bits per heavy atom. The van der Waals surface area contributed by atoms with Gasteiger partial charge < -0.3 is 4.74 Å². The third-order valence-corrected chi connectivity index (χ3v) is 3.65. The van der Waals surface area contributed by atoms with Crippen LogP contribution in [-0.2, 0) is 21.2 Å². The average molecular weight is 350 g/mol. The van der Waals surface area contributed by atoms with Crippen LogP contribution < -0.4 is 0 Å². The second kappa shape index (κ2) is 15.0. The Bertz CT molecular complexity index is 371. The molecule has 0 amide bonds. The third kappa shape index (κ3) is 10.8. The van der Waals surface area contributed by atoms with Crippen LogP contribution >= 0.6 is 0 Å². The molecule has 1 aromatic heterocycles. The summed E-state index contributed by atoms with van der Waals surface area (Å²) in [7, 11) is 0. The van der Waals surface area contributed by atoms with E-state index in [1.807, 2.05) is 0 Å². The molecule has 0 N–H and O–H groups in total. The first-order valence-corrected chi connectivity index (χ1v) is 8.41. The van der Waals surface area contributed by atoms with Crippen molar-refractivity contribution in [2.75, 3.05) is 6.61 Å². The van der Waals surface area contributed by atoms with E-state index in [-0.39, 0.29) is 22.5 Å². The minimum absolute atomic E-state index is 0. The van der Waals surface area contributed by atoms with Gasteiger partial charge in [-0.05, 0) is 18.6 Å². The monoisotopic (exact) mass is 349 g/mol. The Morgan fingerprint density at radius 3 is 1.95 bits per heavy atom. The second-order valence-corrected chi connectivity index (χ2v) is 5.55. The van der Waals surface area contributed by atoms with Gasteiger partial charge in [-0.3, -0.25) is 4.98 Å². The number of rotatable bonds is 12. The summed E-state index contributed by atoms with van der Waals surface area (Å²) in [6, 6.07) is 3.36. The van der Waals surface area contributed by atoms with E-state index in [1.54, 1.807) is 24.5 Å². The van der Waals surface area contributed by atoms with Crippen LogP contribution in [0.3, 0.4) is 0 Å². The first-order chi connectivity index (χ1) is 10.3. The van der Waals surface area contributed by atoms with Gasteiger partial charge in [0.05, 0.1) is 12.2 Å². The van der Waals surface area contributed by atoms with Gasteiger partial charge in [0.1, 0.15) is 0 Å². The Labute approximate surface area is 145 Å². The summed E-state index contributed by atoms with van der Waals surface area (Å²) < 4.78 is 5.23. The summed E-state index contributed by atoms with van der Waals surface area (Å²) >= 11 is 0. The van der Waals surface area contributed by atoms with Crippen LogP contribution in [0.2, 0.25) is 0 Å². The van der Waals surface area contributed by atoms with Gasteiger partial charge in [0.2, 0.25) is 0 Å². The van der Waals surface area contributed by atoms with Crippen molar-refractivity contribution in [2.45, 2.75) is 71.1 Å². The van der Waals surface area contributed by atoms with E-state index in [9.17, 15) is 4.79 Å². The van der Waals surface area contributed by atoms with Gasteiger partial charge >= 0.3 is 5.97 Å². The summed E-state index contributed by atoms with van der Waals surface area (Å²) in [6.45, 7) is 2.78. The van der Waals surface area contributed by atoms with Crippen LogP contribution in [0.15, 0.2) is 24.5 Å². The van der Waals surface area contributed by atoms with Crippen molar-refractivity contribution in [2.24, 2.45) is 0 Å². The van der Waals surface area contributed by atoms with Crippen LogP contribution in [0.4, 0.5) is 0 Å². The van der Waals surface area contributed by atoms with Gasteiger partial charge in [0.15, 0.2) is 0 Å². The topological polar surface area (TPSA) is 39.2 Å². The number of hydrogen-bond acceptors (Lipinski definition) is 3. The molecule has 0 saturated carbocycles. The minimum atomic E-state index is -0.242.